The van der Waals surface area contributed by atoms with Gasteiger partial charge >= 0.3 is 6.18 Å². The monoisotopic (exact) mass is 541 g/mol. The quantitative estimate of drug-likeness (QED) is 0.445. The van der Waals surface area contributed by atoms with Crippen molar-refractivity contribution in [1.29, 1.82) is 0 Å². The van der Waals surface area contributed by atoms with Crippen LogP contribution in [0.3, 0.4) is 0 Å². The summed E-state index contributed by atoms with van der Waals surface area (Å²) in [5.74, 6) is -0.298. The number of carbonyl (C=O) groups is 2. The maximum absolute atomic E-state index is 13.4. The molecule has 3 heterocycles. The molecule has 3 aromatic rings. The molecule has 1 saturated heterocycles. The highest BCUT2D eigenvalue weighted by atomic mass is 32.1. The van der Waals surface area contributed by atoms with E-state index < -0.39 is 11.7 Å². The number of thiophene rings is 1. The van der Waals surface area contributed by atoms with Gasteiger partial charge in [-0.1, -0.05) is 29.8 Å². The van der Waals surface area contributed by atoms with Crippen LogP contribution in [0.2, 0.25) is 0 Å². The molecule has 0 N–H and O–H groups in total. The Labute approximate surface area is 224 Å². The second kappa shape index (κ2) is 10.5. The Bertz CT molecular complexity index is 1300. The van der Waals surface area contributed by atoms with Crippen molar-refractivity contribution in [3.63, 3.8) is 0 Å². The Morgan fingerprint density at radius 2 is 1.68 bits per heavy atom. The number of alkyl halides is 3. The van der Waals surface area contributed by atoms with Crippen molar-refractivity contribution in [2.75, 3.05) is 32.7 Å². The lowest BCUT2D eigenvalue weighted by Crippen LogP contribution is -2.57. The van der Waals surface area contributed by atoms with Gasteiger partial charge in [0.15, 0.2) is 0 Å². The molecule has 1 fully saturated rings. The van der Waals surface area contributed by atoms with Crippen LogP contribution in [0.5, 0.6) is 0 Å². The van der Waals surface area contributed by atoms with E-state index in [1.807, 2.05) is 6.92 Å². The summed E-state index contributed by atoms with van der Waals surface area (Å²) in [4.78, 5) is 33.5. The van der Waals surface area contributed by atoms with Gasteiger partial charge in [0.1, 0.15) is 0 Å². The number of amides is 2. The van der Waals surface area contributed by atoms with Gasteiger partial charge in [-0.3, -0.25) is 14.5 Å². The first-order chi connectivity index (χ1) is 18.1. The van der Waals surface area contributed by atoms with Gasteiger partial charge in [0, 0.05) is 42.7 Å². The fraction of sp³-hybridized carbons (Fsp3) is 0.379. The van der Waals surface area contributed by atoms with Crippen molar-refractivity contribution >= 4 is 23.2 Å². The molecular weight excluding hydrogens is 511 g/mol. The summed E-state index contributed by atoms with van der Waals surface area (Å²) in [6.07, 6.45) is -3.53. The van der Waals surface area contributed by atoms with Crippen LogP contribution in [0.1, 0.15) is 50.5 Å². The van der Waals surface area contributed by atoms with Crippen LogP contribution in [0.15, 0.2) is 60.0 Å². The van der Waals surface area contributed by atoms with Crippen molar-refractivity contribution in [1.82, 2.24) is 14.7 Å². The molecule has 9 heteroatoms. The lowest BCUT2D eigenvalue weighted by atomic mass is 9.92. The number of hydrogen-bond acceptors (Lipinski definition) is 4. The zero-order valence-electron chi connectivity index (χ0n) is 21.4. The fourth-order valence-electron chi connectivity index (χ4n) is 5.40. The number of fused-ring (bicyclic) bond motifs is 1. The molecule has 0 unspecified atom stereocenters. The maximum Gasteiger partial charge on any atom is 0.416 e. The zero-order chi connectivity index (χ0) is 27.0. The second-order valence-electron chi connectivity index (χ2n) is 10.1. The van der Waals surface area contributed by atoms with E-state index in [0.29, 0.717) is 19.6 Å². The van der Waals surface area contributed by atoms with Crippen molar-refractivity contribution in [3.05, 3.63) is 92.7 Å². The molecule has 0 bridgehead atoms. The third kappa shape index (κ3) is 5.35. The van der Waals surface area contributed by atoms with E-state index in [2.05, 4.69) is 47.5 Å². The largest absolute Gasteiger partial charge is 0.416 e. The van der Waals surface area contributed by atoms with Gasteiger partial charge in [0.25, 0.3) is 5.91 Å². The van der Waals surface area contributed by atoms with Gasteiger partial charge in [-0.05, 0) is 67.1 Å². The fourth-order valence-corrected chi connectivity index (χ4v) is 6.31. The molecule has 5 nitrogen and oxygen atoms in total. The van der Waals surface area contributed by atoms with Crippen LogP contribution in [0.25, 0.3) is 0 Å². The predicted octanol–water partition coefficient (Wildman–Crippen LogP) is 5.40. The molecule has 0 aliphatic carbocycles. The van der Waals surface area contributed by atoms with Gasteiger partial charge in [-0.15, -0.1) is 11.3 Å². The van der Waals surface area contributed by atoms with E-state index in [0.717, 1.165) is 25.1 Å². The van der Waals surface area contributed by atoms with E-state index in [-0.39, 0.29) is 36.0 Å². The van der Waals surface area contributed by atoms with E-state index in [4.69, 9.17) is 0 Å². The first-order valence-electron chi connectivity index (χ1n) is 12.7. The minimum absolute atomic E-state index is 0.0225. The SMILES string of the molecule is Cc1ccc([C@@H]2c3ccsc3CCN2CC(=O)N2CCN(C(=O)c3ccc(C(F)(F)F)cc3)[C@H](C)C2)cc1. The smallest absolute Gasteiger partial charge is 0.338 e. The minimum atomic E-state index is -4.45. The predicted molar refractivity (Wildman–Crippen MR) is 141 cm³/mol. The number of halogens is 3. The number of nitrogens with zero attached hydrogens (tertiary/aromatic N) is 3. The van der Waals surface area contributed by atoms with Gasteiger partial charge in [0.05, 0.1) is 18.2 Å². The third-order valence-electron chi connectivity index (χ3n) is 7.50. The van der Waals surface area contributed by atoms with E-state index in [9.17, 15) is 22.8 Å². The summed E-state index contributed by atoms with van der Waals surface area (Å²) in [5.41, 5.74) is 3.05. The Morgan fingerprint density at radius 3 is 2.34 bits per heavy atom. The number of carbonyl (C=O) groups excluding carboxylic acids is 2. The Morgan fingerprint density at radius 1 is 0.974 bits per heavy atom. The van der Waals surface area contributed by atoms with E-state index >= 15 is 0 Å². The minimum Gasteiger partial charge on any atom is -0.338 e. The molecule has 200 valence electrons. The summed E-state index contributed by atoms with van der Waals surface area (Å²) in [6, 6.07) is 14.7. The molecule has 0 saturated carbocycles. The average molecular weight is 542 g/mol. The first-order valence-corrected chi connectivity index (χ1v) is 13.6. The number of hydrogen-bond donors (Lipinski definition) is 0. The summed E-state index contributed by atoms with van der Waals surface area (Å²) in [6.45, 7) is 6.12. The van der Waals surface area contributed by atoms with Crippen molar-refractivity contribution in [3.8, 4) is 0 Å². The zero-order valence-corrected chi connectivity index (χ0v) is 22.2. The molecule has 2 amide bonds. The molecule has 38 heavy (non-hydrogen) atoms. The summed E-state index contributed by atoms with van der Waals surface area (Å²) < 4.78 is 38.6. The van der Waals surface area contributed by atoms with Crippen LogP contribution in [-0.2, 0) is 17.4 Å². The molecule has 0 radical (unpaired) electrons. The highest BCUT2D eigenvalue weighted by Crippen LogP contribution is 2.38. The number of benzene rings is 2. The lowest BCUT2D eigenvalue weighted by Gasteiger charge is -2.42. The number of piperazine rings is 1. The Hall–Kier alpha value is -3.17. The molecule has 2 aliphatic rings. The standard InChI is InChI=1S/C29H30F3N3O2S/c1-19-3-5-21(6-4-19)27-24-12-16-38-25(24)11-13-34(27)18-26(36)33-14-15-35(20(2)17-33)28(37)22-7-9-23(10-8-22)29(30,31)32/h3-10,12,16,20,27H,11,13-15,17-18H2,1-2H3/t20-,27-/m1/s1. The second-order valence-corrected chi connectivity index (χ2v) is 11.1. The van der Waals surface area contributed by atoms with Gasteiger partial charge in [-0.2, -0.15) is 13.2 Å². The summed E-state index contributed by atoms with van der Waals surface area (Å²) in [7, 11) is 0. The topological polar surface area (TPSA) is 43.9 Å². The van der Waals surface area contributed by atoms with Gasteiger partial charge in [0.2, 0.25) is 5.91 Å². The van der Waals surface area contributed by atoms with Gasteiger partial charge < -0.3 is 9.80 Å². The van der Waals surface area contributed by atoms with Crippen LogP contribution in [0.4, 0.5) is 13.2 Å². The van der Waals surface area contributed by atoms with Gasteiger partial charge in [-0.25, -0.2) is 0 Å². The van der Waals surface area contributed by atoms with Crippen molar-refractivity contribution < 1.29 is 22.8 Å². The highest BCUT2D eigenvalue weighted by Gasteiger charge is 2.35. The molecule has 2 aromatic carbocycles. The molecule has 0 spiro atoms. The highest BCUT2D eigenvalue weighted by molar-refractivity contribution is 7.10. The third-order valence-corrected chi connectivity index (χ3v) is 8.49. The van der Waals surface area contributed by atoms with E-state index in [1.54, 1.807) is 21.1 Å². The van der Waals surface area contributed by atoms with Crippen molar-refractivity contribution in [2.45, 2.75) is 38.5 Å². The molecule has 2 atom stereocenters. The molecule has 1 aromatic heterocycles. The Kier molecular flexibility index (Phi) is 7.33. The van der Waals surface area contributed by atoms with Crippen LogP contribution < -0.4 is 0 Å². The van der Waals surface area contributed by atoms with E-state index in [1.165, 1.54) is 33.7 Å². The lowest BCUT2D eigenvalue weighted by molar-refractivity contribution is -0.137. The number of aryl methyl sites for hydroxylation is 1. The normalized spacial score (nSPS) is 20.3. The van der Waals surface area contributed by atoms with Crippen LogP contribution in [0, 0.1) is 6.92 Å². The van der Waals surface area contributed by atoms with Crippen molar-refractivity contribution in [2.24, 2.45) is 0 Å². The van der Waals surface area contributed by atoms with Crippen LogP contribution in [-0.4, -0.2) is 65.3 Å². The summed E-state index contributed by atoms with van der Waals surface area (Å²) in [5, 5.41) is 2.12. The summed E-state index contributed by atoms with van der Waals surface area (Å²) >= 11 is 1.76. The molecule has 5 rings (SSSR count). The molecular formula is C29H30F3N3O2S. The number of rotatable bonds is 4. The Balaban J connectivity index is 1.25. The van der Waals surface area contributed by atoms with Crippen LogP contribution >= 0.6 is 11.3 Å². The maximum atomic E-state index is 13.4. The first kappa shape index (κ1) is 26.4. The molecule has 2 aliphatic heterocycles. The average Bonchev–Trinajstić information content (AvgIpc) is 3.37.